The molecule has 0 spiro atoms. The van der Waals surface area contributed by atoms with Crippen LogP contribution in [0.5, 0.6) is 0 Å². The number of hydrogen-bond acceptors (Lipinski definition) is 4. The number of rotatable bonds is 2. The highest BCUT2D eigenvalue weighted by molar-refractivity contribution is 14.1. The van der Waals surface area contributed by atoms with E-state index in [1.165, 1.54) is 12.1 Å². The molecule has 0 saturated heterocycles. The van der Waals surface area contributed by atoms with Gasteiger partial charge < -0.3 is 0 Å². The molecule has 0 unspecified atom stereocenters. The molecule has 0 atom stereocenters. The number of carbonyl (C=O) groups excluding carboxylic acids is 2. The zero-order chi connectivity index (χ0) is 15.1. The zero-order valence-corrected chi connectivity index (χ0v) is 12.6. The number of nitro benzene ring substituents is 1. The molecule has 0 bridgehead atoms. The molecular weight excluding hydrogens is 387 g/mol. The van der Waals surface area contributed by atoms with Crippen molar-refractivity contribution in [2.75, 3.05) is 4.90 Å². The Morgan fingerprint density at radius 3 is 2.33 bits per heavy atom. The number of fused-ring (bicyclic) bond motifs is 1. The van der Waals surface area contributed by atoms with Gasteiger partial charge in [-0.15, -0.1) is 0 Å². The number of anilines is 1. The fourth-order valence-electron chi connectivity index (χ4n) is 2.19. The number of amides is 2. The first-order chi connectivity index (χ1) is 10.0. The van der Waals surface area contributed by atoms with Crippen LogP contribution in [0.1, 0.15) is 20.7 Å². The van der Waals surface area contributed by atoms with Crippen LogP contribution in [-0.4, -0.2) is 16.7 Å². The lowest BCUT2D eigenvalue weighted by atomic mass is 10.1. The topological polar surface area (TPSA) is 80.5 Å². The third kappa shape index (κ3) is 2.09. The molecule has 0 N–H and O–H groups in total. The Balaban J connectivity index is 2.13. The van der Waals surface area contributed by atoms with Gasteiger partial charge in [0, 0.05) is 15.7 Å². The molecule has 21 heavy (non-hydrogen) atoms. The average molecular weight is 394 g/mol. The van der Waals surface area contributed by atoms with Crippen LogP contribution in [0, 0.1) is 13.7 Å². The van der Waals surface area contributed by atoms with Crippen molar-refractivity contribution in [3.05, 3.63) is 67.3 Å². The molecule has 1 aliphatic heterocycles. The van der Waals surface area contributed by atoms with Gasteiger partial charge in [0.15, 0.2) is 0 Å². The summed E-state index contributed by atoms with van der Waals surface area (Å²) >= 11 is 2.03. The second kappa shape index (κ2) is 4.92. The van der Waals surface area contributed by atoms with Gasteiger partial charge in [-0.05, 0) is 40.8 Å². The standard InChI is InChI=1S/C14H7IN2O4/c15-11-3-1-2-4-12(11)16-13(18)9-6-5-8(17(20)21)7-10(9)14(16)19/h1-7H. The van der Waals surface area contributed by atoms with Crippen molar-refractivity contribution in [1.29, 1.82) is 0 Å². The van der Waals surface area contributed by atoms with Gasteiger partial charge in [0.2, 0.25) is 0 Å². The average Bonchev–Trinajstić information content (AvgIpc) is 2.71. The van der Waals surface area contributed by atoms with Crippen LogP contribution in [0.15, 0.2) is 42.5 Å². The molecule has 0 aromatic heterocycles. The monoisotopic (exact) mass is 394 g/mol. The number of nitro groups is 1. The summed E-state index contributed by atoms with van der Waals surface area (Å²) in [6, 6.07) is 10.7. The Morgan fingerprint density at radius 1 is 1.00 bits per heavy atom. The van der Waals surface area contributed by atoms with Crippen LogP contribution in [-0.2, 0) is 0 Å². The highest BCUT2D eigenvalue weighted by Crippen LogP contribution is 2.32. The second-order valence-electron chi connectivity index (χ2n) is 4.38. The first kappa shape index (κ1) is 13.7. The van der Waals surface area contributed by atoms with Crippen molar-refractivity contribution in [3.63, 3.8) is 0 Å². The molecule has 0 aliphatic carbocycles. The maximum atomic E-state index is 12.4. The Labute approximate surface area is 132 Å². The molecule has 3 rings (SSSR count). The number of hydrogen-bond donors (Lipinski definition) is 0. The van der Waals surface area contributed by atoms with E-state index in [1.807, 2.05) is 22.6 Å². The fourth-order valence-corrected chi connectivity index (χ4v) is 2.82. The minimum Gasteiger partial charge on any atom is -0.268 e. The van der Waals surface area contributed by atoms with Gasteiger partial charge in [0.05, 0.1) is 21.7 Å². The smallest absolute Gasteiger partial charge is 0.268 e. The fraction of sp³-hybridized carbons (Fsp3) is 0. The number of para-hydroxylation sites is 1. The number of carbonyl (C=O) groups is 2. The summed E-state index contributed by atoms with van der Waals surface area (Å²) in [6.45, 7) is 0. The van der Waals surface area contributed by atoms with E-state index >= 15 is 0 Å². The molecule has 0 fully saturated rings. The predicted octanol–water partition coefficient (Wildman–Crippen LogP) is 3.00. The summed E-state index contributed by atoms with van der Waals surface area (Å²) in [5.74, 6) is -1.00. The minimum absolute atomic E-state index is 0.0638. The number of imide groups is 1. The van der Waals surface area contributed by atoms with E-state index in [9.17, 15) is 19.7 Å². The summed E-state index contributed by atoms with van der Waals surface area (Å²) in [7, 11) is 0. The summed E-state index contributed by atoms with van der Waals surface area (Å²) in [5.41, 5.74) is 0.519. The molecule has 104 valence electrons. The van der Waals surface area contributed by atoms with Gasteiger partial charge in [0.1, 0.15) is 0 Å². The van der Waals surface area contributed by atoms with E-state index in [0.29, 0.717) is 5.69 Å². The zero-order valence-electron chi connectivity index (χ0n) is 10.4. The lowest BCUT2D eigenvalue weighted by Gasteiger charge is -2.15. The van der Waals surface area contributed by atoms with Crippen molar-refractivity contribution in [2.45, 2.75) is 0 Å². The molecule has 2 aromatic rings. The number of benzene rings is 2. The van der Waals surface area contributed by atoms with E-state index in [2.05, 4.69) is 0 Å². The number of nitrogens with zero attached hydrogens (tertiary/aromatic N) is 2. The van der Waals surface area contributed by atoms with Gasteiger partial charge in [-0.25, -0.2) is 4.90 Å². The molecule has 2 amide bonds. The summed E-state index contributed by atoms with van der Waals surface area (Å²) in [4.78, 5) is 36.0. The van der Waals surface area contributed by atoms with E-state index in [-0.39, 0.29) is 16.8 Å². The Bertz CT molecular complexity index is 803. The van der Waals surface area contributed by atoms with E-state index in [4.69, 9.17) is 0 Å². The quantitative estimate of drug-likeness (QED) is 0.340. The largest absolute Gasteiger partial charge is 0.270 e. The van der Waals surface area contributed by atoms with Crippen molar-refractivity contribution >= 4 is 45.8 Å². The van der Waals surface area contributed by atoms with Gasteiger partial charge in [-0.1, -0.05) is 12.1 Å². The Hall–Kier alpha value is -2.29. The van der Waals surface area contributed by atoms with Crippen molar-refractivity contribution < 1.29 is 14.5 Å². The van der Waals surface area contributed by atoms with Crippen molar-refractivity contribution in [2.24, 2.45) is 0 Å². The molecule has 7 heteroatoms. The maximum absolute atomic E-state index is 12.4. The number of non-ortho nitro benzene ring substituents is 1. The molecule has 2 aromatic carbocycles. The highest BCUT2D eigenvalue weighted by Gasteiger charge is 2.38. The van der Waals surface area contributed by atoms with Crippen LogP contribution < -0.4 is 4.90 Å². The van der Waals surface area contributed by atoms with E-state index < -0.39 is 16.7 Å². The van der Waals surface area contributed by atoms with E-state index in [0.717, 1.165) is 14.5 Å². The van der Waals surface area contributed by atoms with Crippen LogP contribution in [0.2, 0.25) is 0 Å². The van der Waals surface area contributed by atoms with Crippen LogP contribution in [0.3, 0.4) is 0 Å². The van der Waals surface area contributed by atoms with Gasteiger partial charge >= 0.3 is 0 Å². The van der Waals surface area contributed by atoms with E-state index in [1.54, 1.807) is 24.3 Å². The third-order valence-corrected chi connectivity index (χ3v) is 4.09. The molecule has 1 heterocycles. The second-order valence-corrected chi connectivity index (χ2v) is 5.55. The van der Waals surface area contributed by atoms with Crippen molar-refractivity contribution in [3.8, 4) is 0 Å². The van der Waals surface area contributed by atoms with Crippen LogP contribution >= 0.6 is 22.6 Å². The summed E-state index contributed by atoms with van der Waals surface area (Å²) in [5, 5.41) is 10.8. The lowest BCUT2D eigenvalue weighted by Crippen LogP contribution is -2.30. The normalized spacial score (nSPS) is 13.5. The van der Waals surface area contributed by atoms with Gasteiger partial charge in [-0.2, -0.15) is 0 Å². The first-order valence-electron chi connectivity index (χ1n) is 5.92. The molecule has 1 aliphatic rings. The lowest BCUT2D eigenvalue weighted by molar-refractivity contribution is -0.384. The molecular formula is C14H7IN2O4. The van der Waals surface area contributed by atoms with Gasteiger partial charge in [-0.3, -0.25) is 19.7 Å². The Kier molecular flexibility index (Phi) is 3.20. The SMILES string of the molecule is O=C1c2ccc([N+](=O)[O-])cc2C(=O)N1c1ccccc1I. The Morgan fingerprint density at radius 2 is 1.67 bits per heavy atom. The third-order valence-electron chi connectivity index (χ3n) is 3.17. The highest BCUT2D eigenvalue weighted by atomic mass is 127. The van der Waals surface area contributed by atoms with Crippen LogP contribution in [0.25, 0.3) is 0 Å². The predicted molar refractivity (Wildman–Crippen MR) is 83.4 cm³/mol. The number of halogens is 1. The molecule has 6 nitrogen and oxygen atoms in total. The maximum Gasteiger partial charge on any atom is 0.270 e. The molecule has 0 radical (unpaired) electrons. The summed E-state index contributed by atoms with van der Waals surface area (Å²) in [6.07, 6.45) is 0. The first-order valence-corrected chi connectivity index (χ1v) is 7.00. The summed E-state index contributed by atoms with van der Waals surface area (Å²) < 4.78 is 0.749. The van der Waals surface area contributed by atoms with Crippen LogP contribution in [0.4, 0.5) is 11.4 Å². The van der Waals surface area contributed by atoms with Gasteiger partial charge in [0.25, 0.3) is 17.5 Å². The van der Waals surface area contributed by atoms with Crippen molar-refractivity contribution in [1.82, 2.24) is 0 Å². The minimum atomic E-state index is -0.590. The molecule has 0 saturated carbocycles.